The highest BCUT2D eigenvalue weighted by atomic mass is 35.5. The lowest BCUT2D eigenvalue weighted by molar-refractivity contribution is -0.268. The summed E-state index contributed by atoms with van der Waals surface area (Å²) in [6, 6.07) is 0. The van der Waals surface area contributed by atoms with E-state index in [0.717, 1.165) is 0 Å². The van der Waals surface area contributed by atoms with Gasteiger partial charge in [-0.1, -0.05) is 20.8 Å². The first kappa shape index (κ1) is 18.2. The lowest BCUT2D eigenvalue weighted by Gasteiger charge is -2.28. The Bertz CT molecular complexity index is 380. The van der Waals surface area contributed by atoms with E-state index < -0.39 is 40.6 Å². The molecule has 0 aromatic heterocycles. The number of ketones is 2. The zero-order chi connectivity index (χ0) is 15.9. The van der Waals surface area contributed by atoms with Gasteiger partial charge in [-0.3, -0.25) is 9.59 Å². The molecule has 0 bridgehead atoms. The van der Waals surface area contributed by atoms with Crippen LogP contribution in [0.5, 0.6) is 0 Å². The van der Waals surface area contributed by atoms with Crippen LogP contribution < -0.4 is 0 Å². The molecule has 0 atom stereocenters. The highest BCUT2D eigenvalue weighted by Gasteiger charge is 2.74. The second kappa shape index (κ2) is 4.96. The van der Waals surface area contributed by atoms with E-state index in [1.807, 2.05) is 0 Å². The molecule has 0 saturated heterocycles. The van der Waals surface area contributed by atoms with E-state index in [2.05, 4.69) is 11.6 Å². The second-order valence-electron chi connectivity index (χ2n) is 4.92. The van der Waals surface area contributed by atoms with Gasteiger partial charge in [-0.05, 0) is 11.6 Å². The predicted octanol–water partition coefficient (Wildman–Crippen LogP) is 3.66. The van der Waals surface area contributed by atoms with Crippen molar-refractivity contribution >= 4 is 23.2 Å². The molecule has 0 saturated carbocycles. The van der Waals surface area contributed by atoms with Crippen molar-refractivity contribution in [2.75, 3.05) is 0 Å². The number of halogens is 7. The molecule has 0 rings (SSSR count). The molecule has 0 N–H and O–H groups in total. The quantitative estimate of drug-likeness (QED) is 0.441. The van der Waals surface area contributed by atoms with Gasteiger partial charge in [0.2, 0.25) is 5.78 Å². The molecule has 0 radical (unpaired) electrons. The number of Topliss-reactive ketones (excluding diaryl/α,β-unsaturated/α-hetero) is 2. The summed E-state index contributed by atoms with van der Waals surface area (Å²) in [5, 5.41) is -5.61. The molecular weight excluding hydrogens is 302 g/mol. The summed E-state index contributed by atoms with van der Waals surface area (Å²) in [6.45, 7) is 3.78. The van der Waals surface area contributed by atoms with Gasteiger partial charge in [0.05, 0.1) is 6.42 Å². The van der Waals surface area contributed by atoms with Crippen LogP contribution in [0.15, 0.2) is 0 Å². The third kappa shape index (κ3) is 3.61. The number of carbonyl (C=O) groups is 2. The summed E-state index contributed by atoms with van der Waals surface area (Å²) in [6.07, 6.45) is -1.58. The molecule has 0 aliphatic rings. The topological polar surface area (TPSA) is 34.1 Å². The summed E-state index contributed by atoms with van der Waals surface area (Å²) in [5.74, 6) is -15.5. The highest BCUT2D eigenvalue weighted by Crippen LogP contribution is 2.48. The van der Waals surface area contributed by atoms with Crippen LogP contribution in [0, 0.1) is 5.41 Å². The van der Waals surface area contributed by atoms with Crippen molar-refractivity contribution in [1.82, 2.24) is 0 Å². The Morgan fingerprint density at radius 2 is 1.26 bits per heavy atom. The van der Waals surface area contributed by atoms with E-state index in [-0.39, 0.29) is 0 Å². The van der Waals surface area contributed by atoms with E-state index in [0.29, 0.717) is 0 Å². The molecule has 0 unspecified atom stereocenters. The maximum Gasteiger partial charge on any atom is 0.393 e. The van der Waals surface area contributed by atoms with Crippen LogP contribution in [0.2, 0.25) is 0 Å². The summed E-state index contributed by atoms with van der Waals surface area (Å²) >= 11 is 3.88. The third-order valence-corrected chi connectivity index (χ3v) is 2.50. The zero-order valence-electron chi connectivity index (χ0n) is 10.2. The lowest BCUT2D eigenvalue weighted by atomic mass is 9.86. The van der Waals surface area contributed by atoms with Crippen molar-refractivity contribution < 1.29 is 35.9 Å². The molecule has 0 spiro atoms. The van der Waals surface area contributed by atoms with Gasteiger partial charge in [0.1, 0.15) is 5.78 Å². The molecular formula is C10H11ClF6O2. The fourth-order valence-corrected chi connectivity index (χ4v) is 0.994. The summed E-state index contributed by atoms with van der Waals surface area (Å²) in [4.78, 5) is 22.3. The summed E-state index contributed by atoms with van der Waals surface area (Å²) < 4.78 is 76.0. The Hall–Kier alpha value is -0.790. The fraction of sp³-hybridized carbons (Fsp3) is 0.800. The molecule has 0 heterocycles. The van der Waals surface area contributed by atoms with Gasteiger partial charge in [0.15, 0.2) is 0 Å². The van der Waals surface area contributed by atoms with Crippen LogP contribution in [-0.4, -0.2) is 28.8 Å². The first-order valence-corrected chi connectivity index (χ1v) is 5.32. The number of hydrogen-bond acceptors (Lipinski definition) is 2. The van der Waals surface area contributed by atoms with E-state index in [9.17, 15) is 35.9 Å². The van der Waals surface area contributed by atoms with Crippen LogP contribution in [-0.2, 0) is 9.59 Å². The minimum Gasteiger partial charge on any atom is -0.299 e. The van der Waals surface area contributed by atoms with E-state index in [1.165, 1.54) is 20.8 Å². The van der Waals surface area contributed by atoms with Gasteiger partial charge in [-0.25, -0.2) is 0 Å². The molecule has 19 heavy (non-hydrogen) atoms. The van der Waals surface area contributed by atoms with Gasteiger partial charge in [0.25, 0.3) is 0 Å². The van der Waals surface area contributed by atoms with Crippen molar-refractivity contribution in [3.05, 3.63) is 0 Å². The minimum absolute atomic E-state index is 1.08. The van der Waals surface area contributed by atoms with Crippen LogP contribution in [0.25, 0.3) is 0 Å². The van der Waals surface area contributed by atoms with E-state index in [4.69, 9.17) is 0 Å². The molecule has 0 aliphatic carbocycles. The predicted molar refractivity (Wildman–Crippen MR) is 54.8 cm³/mol. The summed E-state index contributed by atoms with van der Waals surface area (Å²) in [7, 11) is 0. The van der Waals surface area contributed by atoms with Crippen LogP contribution >= 0.6 is 11.6 Å². The van der Waals surface area contributed by atoms with Gasteiger partial charge < -0.3 is 0 Å². The standard InChI is InChI=1S/C10H11ClF6O2/c1-7(2,3)5(18)4-6(19)8(12,13)9(14,15)10(11,16)17/h4H2,1-3H3. The first-order chi connectivity index (χ1) is 8.05. The number of rotatable bonds is 5. The fourth-order valence-electron chi connectivity index (χ4n) is 0.875. The average molecular weight is 313 g/mol. The molecule has 0 fully saturated rings. The lowest BCUT2D eigenvalue weighted by Crippen LogP contribution is -2.56. The highest BCUT2D eigenvalue weighted by molar-refractivity contribution is 6.22. The molecule has 9 heteroatoms. The molecule has 0 aromatic rings. The van der Waals surface area contributed by atoms with Crippen LogP contribution in [0.4, 0.5) is 26.3 Å². The number of hydrogen-bond donors (Lipinski definition) is 0. The smallest absolute Gasteiger partial charge is 0.299 e. The molecule has 0 aliphatic heterocycles. The zero-order valence-corrected chi connectivity index (χ0v) is 10.9. The Morgan fingerprint density at radius 1 is 0.895 bits per heavy atom. The van der Waals surface area contributed by atoms with Gasteiger partial charge in [-0.15, -0.1) is 0 Å². The van der Waals surface area contributed by atoms with Crippen molar-refractivity contribution in [2.45, 2.75) is 44.4 Å². The van der Waals surface area contributed by atoms with Gasteiger partial charge >= 0.3 is 17.2 Å². The van der Waals surface area contributed by atoms with Crippen LogP contribution in [0.3, 0.4) is 0 Å². The van der Waals surface area contributed by atoms with Gasteiger partial charge in [-0.2, -0.15) is 26.3 Å². The molecule has 0 amide bonds. The molecule has 2 nitrogen and oxygen atoms in total. The van der Waals surface area contributed by atoms with Crippen LogP contribution in [0.1, 0.15) is 27.2 Å². The number of alkyl halides is 7. The van der Waals surface area contributed by atoms with E-state index in [1.54, 1.807) is 0 Å². The first-order valence-electron chi connectivity index (χ1n) is 4.94. The average Bonchev–Trinajstić information content (AvgIpc) is 2.13. The summed E-state index contributed by atoms with van der Waals surface area (Å²) in [5.41, 5.74) is -1.25. The Balaban J connectivity index is 5.25. The SMILES string of the molecule is CC(C)(C)C(=O)CC(=O)C(F)(F)C(F)(F)C(F)(F)Cl. The Kier molecular flexibility index (Phi) is 4.75. The Morgan fingerprint density at radius 3 is 1.53 bits per heavy atom. The van der Waals surface area contributed by atoms with Crippen molar-refractivity contribution in [3.63, 3.8) is 0 Å². The Labute approximate surface area is 110 Å². The second-order valence-corrected chi connectivity index (χ2v) is 5.39. The maximum atomic E-state index is 13.0. The molecule has 0 aromatic carbocycles. The third-order valence-electron chi connectivity index (χ3n) is 2.26. The largest absolute Gasteiger partial charge is 0.393 e. The minimum atomic E-state index is -6.09. The van der Waals surface area contributed by atoms with Crippen molar-refractivity contribution in [3.8, 4) is 0 Å². The van der Waals surface area contributed by atoms with Crippen molar-refractivity contribution in [2.24, 2.45) is 5.41 Å². The molecule has 112 valence electrons. The van der Waals surface area contributed by atoms with Crippen molar-refractivity contribution in [1.29, 1.82) is 0 Å². The monoisotopic (exact) mass is 312 g/mol. The maximum absolute atomic E-state index is 13.0. The number of carbonyl (C=O) groups excluding carboxylic acids is 2. The van der Waals surface area contributed by atoms with E-state index >= 15 is 0 Å². The normalized spacial score (nSPS) is 14.4. The van der Waals surface area contributed by atoms with Gasteiger partial charge in [0, 0.05) is 5.41 Å².